The van der Waals surface area contributed by atoms with Gasteiger partial charge in [0.05, 0.1) is 0 Å². The monoisotopic (exact) mass is 705 g/mol. The Labute approximate surface area is 313 Å². The Balaban J connectivity index is 4.12. The molecule has 4 heteroatoms. The van der Waals surface area contributed by atoms with Crippen LogP contribution in [0.2, 0.25) is 0 Å². The third kappa shape index (κ3) is 35.2. The molecule has 0 bridgehead atoms. The molecule has 1 unspecified atom stereocenters. The van der Waals surface area contributed by atoms with E-state index in [-0.39, 0.29) is 12.2 Å². The van der Waals surface area contributed by atoms with Crippen molar-refractivity contribution in [3.8, 4) is 0 Å². The molecule has 0 aliphatic carbocycles. The molecule has 0 saturated carbocycles. The van der Waals surface area contributed by atoms with Crippen LogP contribution in [0, 0.1) is 5.92 Å². The van der Waals surface area contributed by atoms with Gasteiger partial charge in [0.15, 0.2) is 0 Å². The van der Waals surface area contributed by atoms with Crippen LogP contribution < -0.4 is 0 Å². The van der Waals surface area contributed by atoms with Gasteiger partial charge in [-0.1, -0.05) is 239 Å². The summed E-state index contributed by atoms with van der Waals surface area (Å²) in [6.07, 6.45) is 46.4. The van der Waals surface area contributed by atoms with Crippen molar-refractivity contribution in [2.75, 3.05) is 0 Å². The van der Waals surface area contributed by atoms with Crippen molar-refractivity contribution in [1.29, 1.82) is 0 Å². The summed E-state index contributed by atoms with van der Waals surface area (Å²) in [5.74, 6) is -1.82. The first-order valence-electron chi connectivity index (χ1n) is 22.8. The molecule has 0 aliphatic heterocycles. The fourth-order valence-electron chi connectivity index (χ4n) is 7.26. The van der Waals surface area contributed by atoms with Crippen molar-refractivity contribution in [3.05, 3.63) is 0 Å². The Morgan fingerprint density at radius 2 is 0.600 bits per heavy atom. The molecule has 0 aromatic carbocycles. The first-order chi connectivity index (χ1) is 24.6. The molecule has 0 aliphatic rings. The van der Waals surface area contributed by atoms with Crippen LogP contribution in [0.15, 0.2) is 0 Å². The van der Waals surface area contributed by atoms with Gasteiger partial charge in [0, 0.05) is 12.8 Å². The lowest BCUT2D eigenvalue weighted by atomic mass is 9.93. The summed E-state index contributed by atoms with van der Waals surface area (Å²) in [6, 6.07) is 0. The van der Waals surface area contributed by atoms with Crippen LogP contribution in [-0.4, -0.2) is 17.7 Å². The Hall–Kier alpha value is -1.19. The molecular weight excluding hydrogens is 617 g/mol. The minimum atomic E-state index is -0.766. The summed E-state index contributed by atoms with van der Waals surface area (Å²) in [6.45, 7) is 6.76. The third-order valence-electron chi connectivity index (χ3n) is 10.7. The Kier molecular flexibility index (Phi) is 39.6. The van der Waals surface area contributed by atoms with Crippen LogP contribution in [0.5, 0.6) is 0 Å². The largest absolute Gasteiger partial charge is 0.393 e. The van der Waals surface area contributed by atoms with Gasteiger partial charge in [0.25, 0.3) is 0 Å². The number of carbonyl (C=O) groups is 3. The zero-order chi connectivity index (χ0) is 36.6. The van der Waals surface area contributed by atoms with Gasteiger partial charge < -0.3 is 4.74 Å². The van der Waals surface area contributed by atoms with E-state index >= 15 is 0 Å². The quantitative estimate of drug-likeness (QED) is 0.0361. The number of Topliss-reactive ketones (excluding diaryl/α,β-unsaturated/α-hetero) is 1. The predicted octanol–water partition coefficient (Wildman–Crippen LogP) is 15.5. The van der Waals surface area contributed by atoms with Gasteiger partial charge in [0.1, 0.15) is 11.7 Å². The van der Waals surface area contributed by atoms with Gasteiger partial charge in [-0.3, -0.25) is 14.4 Å². The van der Waals surface area contributed by atoms with Gasteiger partial charge in [-0.2, -0.15) is 0 Å². The minimum absolute atomic E-state index is 0.0157. The van der Waals surface area contributed by atoms with Crippen molar-refractivity contribution in [3.63, 3.8) is 0 Å². The molecule has 1 atom stereocenters. The van der Waals surface area contributed by atoms with Crippen molar-refractivity contribution < 1.29 is 19.1 Å². The number of carbonyl (C=O) groups excluding carboxylic acids is 3. The highest BCUT2D eigenvalue weighted by molar-refractivity contribution is 6.02. The Morgan fingerprint density at radius 1 is 0.340 bits per heavy atom. The van der Waals surface area contributed by atoms with E-state index in [1.165, 1.54) is 173 Å². The molecule has 50 heavy (non-hydrogen) atoms. The molecular formula is C46H88O4. The van der Waals surface area contributed by atoms with Crippen LogP contribution in [0.25, 0.3) is 0 Å². The van der Waals surface area contributed by atoms with Gasteiger partial charge in [-0.15, -0.1) is 0 Å². The van der Waals surface area contributed by atoms with E-state index in [0.29, 0.717) is 12.8 Å². The number of hydrogen-bond donors (Lipinski definition) is 0. The highest BCUT2D eigenvalue weighted by Gasteiger charge is 2.28. The van der Waals surface area contributed by atoms with Crippen LogP contribution in [-0.2, 0) is 19.1 Å². The molecule has 0 aromatic rings. The van der Waals surface area contributed by atoms with Gasteiger partial charge >= 0.3 is 11.9 Å². The molecule has 0 N–H and O–H groups in total. The second-order valence-electron chi connectivity index (χ2n) is 15.8. The molecule has 0 aromatic heterocycles. The van der Waals surface area contributed by atoms with Crippen molar-refractivity contribution in [1.82, 2.24) is 0 Å². The second kappa shape index (κ2) is 40.6. The van der Waals surface area contributed by atoms with Crippen LogP contribution in [0.3, 0.4) is 0 Å². The van der Waals surface area contributed by atoms with E-state index < -0.39 is 17.9 Å². The van der Waals surface area contributed by atoms with E-state index in [4.69, 9.17) is 4.74 Å². The van der Waals surface area contributed by atoms with E-state index in [9.17, 15) is 14.4 Å². The molecule has 4 nitrogen and oxygen atoms in total. The summed E-state index contributed by atoms with van der Waals surface area (Å²) in [5, 5.41) is 0. The van der Waals surface area contributed by atoms with Crippen LogP contribution in [0.4, 0.5) is 0 Å². The molecule has 0 saturated heterocycles. The number of unbranched alkanes of at least 4 members (excludes halogenated alkanes) is 33. The van der Waals surface area contributed by atoms with Crippen LogP contribution in [0.1, 0.15) is 271 Å². The maximum Gasteiger partial charge on any atom is 0.324 e. The molecule has 296 valence electrons. The topological polar surface area (TPSA) is 60.4 Å². The number of rotatable bonds is 41. The molecule has 0 amide bonds. The normalized spacial score (nSPS) is 12.0. The Morgan fingerprint density at radius 3 is 0.920 bits per heavy atom. The van der Waals surface area contributed by atoms with Crippen molar-refractivity contribution in [2.45, 2.75) is 271 Å². The highest BCUT2D eigenvalue weighted by Crippen LogP contribution is 2.20. The van der Waals surface area contributed by atoms with Gasteiger partial charge in [-0.25, -0.2) is 0 Å². The number of hydrogen-bond acceptors (Lipinski definition) is 4. The summed E-state index contributed by atoms with van der Waals surface area (Å²) in [7, 11) is 0. The highest BCUT2D eigenvalue weighted by atomic mass is 16.6. The lowest BCUT2D eigenvalue weighted by Gasteiger charge is -2.14. The van der Waals surface area contributed by atoms with E-state index in [2.05, 4.69) is 20.8 Å². The molecule has 0 radical (unpaired) electrons. The first-order valence-corrected chi connectivity index (χ1v) is 22.8. The molecule has 0 heterocycles. The van der Waals surface area contributed by atoms with Crippen molar-refractivity contribution >= 4 is 17.7 Å². The molecule has 0 spiro atoms. The Bertz CT molecular complexity index is 732. The zero-order valence-electron chi connectivity index (χ0n) is 34.3. The number of esters is 2. The average molecular weight is 705 g/mol. The summed E-state index contributed by atoms with van der Waals surface area (Å²) in [4.78, 5) is 38.7. The maximum atomic E-state index is 13.2. The van der Waals surface area contributed by atoms with E-state index in [1.807, 2.05) is 0 Å². The average Bonchev–Trinajstić information content (AvgIpc) is 3.11. The third-order valence-corrected chi connectivity index (χ3v) is 10.7. The molecule has 0 fully saturated rings. The SMILES string of the molecule is CCCCCCCCCCCCCCCCCC(=O)OC(=O)C(CCCCCCCC)C(=O)CCCCCCCCCCCCCCCCC. The van der Waals surface area contributed by atoms with E-state index in [0.717, 1.165) is 57.8 Å². The van der Waals surface area contributed by atoms with Gasteiger partial charge in [0.2, 0.25) is 0 Å². The number of ether oxygens (including phenoxy) is 1. The predicted molar refractivity (Wildman–Crippen MR) is 217 cm³/mol. The fourth-order valence-corrected chi connectivity index (χ4v) is 7.26. The second-order valence-corrected chi connectivity index (χ2v) is 15.8. The molecule has 0 rings (SSSR count). The lowest BCUT2D eigenvalue weighted by molar-refractivity contribution is -0.164. The fraction of sp³-hybridized carbons (Fsp3) is 0.935. The lowest BCUT2D eigenvalue weighted by Crippen LogP contribution is -2.28. The zero-order valence-corrected chi connectivity index (χ0v) is 34.3. The summed E-state index contributed by atoms with van der Waals surface area (Å²) < 4.78 is 5.28. The van der Waals surface area contributed by atoms with E-state index in [1.54, 1.807) is 0 Å². The van der Waals surface area contributed by atoms with Crippen LogP contribution >= 0.6 is 0 Å². The number of ketones is 1. The smallest absolute Gasteiger partial charge is 0.324 e. The summed E-state index contributed by atoms with van der Waals surface area (Å²) >= 11 is 0. The first kappa shape index (κ1) is 48.8. The standard InChI is InChI=1S/C46H88O4/c1-4-7-10-13-16-18-20-22-24-26-28-30-32-35-38-41-44(47)43(40-37-34-15-12-9-6-3)46(49)50-45(48)42-39-36-33-31-29-27-25-23-21-19-17-14-11-8-5-2/h43H,4-42H2,1-3H3. The van der Waals surface area contributed by atoms with Gasteiger partial charge in [-0.05, 0) is 19.3 Å². The minimum Gasteiger partial charge on any atom is -0.393 e. The maximum absolute atomic E-state index is 13.2. The summed E-state index contributed by atoms with van der Waals surface area (Å²) in [5.41, 5.74) is 0. The van der Waals surface area contributed by atoms with Crippen molar-refractivity contribution in [2.24, 2.45) is 5.92 Å².